The van der Waals surface area contributed by atoms with Crippen LogP contribution < -0.4 is 10.5 Å². The molecule has 0 saturated carbocycles. The summed E-state index contributed by atoms with van der Waals surface area (Å²) in [7, 11) is 1.68. The Balaban J connectivity index is 0.00000242. The molecule has 1 atom stereocenters. The predicted molar refractivity (Wildman–Crippen MR) is 91.6 cm³/mol. The number of methoxy groups -OCH3 is 1. The van der Waals surface area contributed by atoms with Gasteiger partial charge in [0.1, 0.15) is 5.75 Å². The summed E-state index contributed by atoms with van der Waals surface area (Å²) in [5, 5.41) is 0. The summed E-state index contributed by atoms with van der Waals surface area (Å²) in [5.74, 6) is 1.17. The number of amides is 1. The minimum atomic E-state index is 0. The van der Waals surface area contributed by atoms with Crippen molar-refractivity contribution in [3.63, 3.8) is 0 Å². The molecule has 1 saturated heterocycles. The zero-order valence-electron chi connectivity index (χ0n) is 13.3. The zero-order valence-corrected chi connectivity index (χ0v) is 14.1. The molecule has 0 unspecified atom stereocenters. The van der Waals surface area contributed by atoms with Crippen LogP contribution in [0.25, 0.3) is 0 Å². The van der Waals surface area contributed by atoms with Gasteiger partial charge in [0.2, 0.25) is 5.91 Å². The van der Waals surface area contributed by atoms with Crippen molar-refractivity contribution in [2.75, 3.05) is 20.2 Å². The number of aryl methyl sites for hydroxylation is 1. The van der Waals surface area contributed by atoms with Crippen molar-refractivity contribution in [2.24, 2.45) is 5.73 Å². The Morgan fingerprint density at radius 2 is 2.00 bits per heavy atom. The number of hydrogen-bond acceptors (Lipinski definition) is 3. The Labute approximate surface area is 139 Å². The van der Waals surface area contributed by atoms with Crippen LogP contribution >= 0.6 is 12.4 Å². The van der Waals surface area contributed by atoms with Gasteiger partial charge in [-0.25, -0.2) is 0 Å². The number of ether oxygens (including phenoxy) is 1. The average Bonchev–Trinajstić information content (AvgIpc) is 2.94. The molecule has 1 amide bonds. The first kappa shape index (κ1) is 18.8. The molecule has 1 fully saturated rings. The van der Waals surface area contributed by atoms with Gasteiger partial charge in [0.15, 0.2) is 0 Å². The second kappa shape index (κ2) is 9.70. The molecule has 5 heteroatoms. The van der Waals surface area contributed by atoms with E-state index in [1.165, 1.54) is 5.56 Å². The number of nitrogens with zero attached hydrogens (tertiary/aromatic N) is 1. The Hall–Kier alpha value is -1.26. The van der Waals surface area contributed by atoms with Crippen molar-refractivity contribution in [1.82, 2.24) is 4.90 Å². The van der Waals surface area contributed by atoms with Crippen molar-refractivity contribution in [2.45, 2.75) is 44.6 Å². The summed E-state index contributed by atoms with van der Waals surface area (Å²) in [4.78, 5) is 13.9. The van der Waals surface area contributed by atoms with Crippen LogP contribution in [0.1, 0.15) is 37.7 Å². The van der Waals surface area contributed by atoms with Gasteiger partial charge in [-0.1, -0.05) is 18.6 Å². The fourth-order valence-corrected chi connectivity index (χ4v) is 2.75. The number of unbranched alkanes of at least 4 members (excludes halogenated alkanes) is 2. The molecule has 1 heterocycles. The minimum Gasteiger partial charge on any atom is -0.497 e. The number of hydrogen-bond donors (Lipinski definition) is 1. The van der Waals surface area contributed by atoms with Crippen LogP contribution in [0.3, 0.4) is 0 Å². The lowest BCUT2D eigenvalue weighted by molar-refractivity contribution is -0.130. The van der Waals surface area contributed by atoms with E-state index in [9.17, 15) is 4.79 Å². The first-order valence-electron chi connectivity index (χ1n) is 7.85. The van der Waals surface area contributed by atoms with E-state index < -0.39 is 0 Å². The van der Waals surface area contributed by atoms with E-state index in [4.69, 9.17) is 10.5 Å². The van der Waals surface area contributed by atoms with Gasteiger partial charge in [-0.2, -0.15) is 0 Å². The number of carbonyl (C=O) groups is 1. The van der Waals surface area contributed by atoms with Gasteiger partial charge in [0.25, 0.3) is 0 Å². The standard InChI is InChI=1S/C17H26N2O2.ClH/c1-21-16-9-7-14(8-10-16)5-3-2-4-6-17(20)19-12-11-15(18)13-19;/h7-10,15H,2-6,11-13,18H2,1H3;1H/t15-;/m1./s1. The molecule has 0 bridgehead atoms. The van der Waals surface area contributed by atoms with Gasteiger partial charge in [-0.15, -0.1) is 12.4 Å². The van der Waals surface area contributed by atoms with E-state index in [1.807, 2.05) is 17.0 Å². The Kier molecular flexibility index (Phi) is 8.28. The van der Waals surface area contributed by atoms with Crippen LogP contribution in [0.15, 0.2) is 24.3 Å². The number of rotatable bonds is 7. The number of nitrogens with two attached hydrogens (primary N) is 1. The molecule has 2 rings (SSSR count). The van der Waals surface area contributed by atoms with Gasteiger partial charge >= 0.3 is 0 Å². The van der Waals surface area contributed by atoms with Crippen LogP contribution in [0.2, 0.25) is 0 Å². The van der Waals surface area contributed by atoms with E-state index in [1.54, 1.807) is 7.11 Å². The van der Waals surface area contributed by atoms with Crippen molar-refractivity contribution in [3.8, 4) is 5.75 Å². The number of benzene rings is 1. The van der Waals surface area contributed by atoms with Crippen molar-refractivity contribution in [3.05, 3.63) is 29.8 Å². The second-order valence-electron chi connectivity index (χ2n) is 5.80. The van der Waals surface area contributed by atoms with Crippen molar-refractivity contribution < 1.29 is 9.53 Å². The molecule has 1 aromatic rings. The van der Waals surface area contributed by atoms with E-state index in [-0.39, 0.29) is 24.4 Å². The summed E-state index contributed by atoms with van der Waals surface area (Å²) in [6, 6.07) is 8.39. The summed E-state index contributed by atoms with van der Waals surface area (Å²) in [5.41, 5.74) is 7.15. The maximum absolute atomic E-state index is 12.0. The first-order valence-corrected chi connectivity index (χ1v) is 7.85. The van der Waals surface area contributed by atoms with Crippen LogP contribution in [0.5, 0.6) is 5.75 Å². The SMILES string of the molecule is COc1ccc(CCCCCC(=O)N2CC[C@@H](N)C2)cc1.Cl. The number of likely N-dealkylation sites (tertiary alicyclic amines) is 1. The van der Waals surface area contributed by atoms with Crippen molar-refractivity contribution >= 4 is 18.3 Å². The topological polar surface area (TPSA) is 55.6 Å². The fraction of sp³-hybridized carbons (Fsp3) is 0.588. The minimum absolute atomic E-state index is 0. The smallest absolute Gasteiger partial charge is 0.222 e. The second-order valence-corrected chi connectivity index (χ2v) is 5.80. The van der Waals surface area contributed by atoms with Crippen LogP contribution in [0, 0.1) is 0 Å². The molecule has 0 aromatic heterocycles. The molecule has 0 spiro atoms. The molecule has 2 N–H and O–H groups in total. The summed E-state index contributed by atoms with van der Waals surface area (Å²) in [6.45, 7) is 1.58. The maximum Gasteiger partial charge on any atom is 0.222 e. The lowest BCUT2D eigenvalue weighted by atomic mass is 10.1. The summed E-state index contributed by atoms with van der Waals surface area (Å²) < 4.78 is 5.14. The van der Waals surface area contributed by atoms with Gasteiger partial charge in [0.05, 0.1) is 7.11 Å². The third kappa shape index (κ3) is 5.85. The quantitative estimate of drug-likeness (QED) is 0.784. The summed E-state index contributed by atoms with van der Waals surface area (Å²) >= 11 is 0. The monoisotopic (exact) mass is 326 g/mol. The molecule has 1 aliphatic heterocycles. The molecular weight excluding hydrogens is 300 g/mol. The first-order chi connectivity index (χ1) is 10.2. The average molecular weight is 327 g/mol. The van der Waals surface area contributed by atoms with E-state index in [0.29, 0.717) is 6.42 Å². The highest BCUT2D eigenvalue weighted by atomic mass is 35.5. The van der Waals surface area contributed by atoms with Gasteiger partial charge in [-0.05, 0) is 43.4 Å². The number of carbonyl (C=O) groups excluding carboxylic acids is 1. The Bertz CT molecular complexity index is 450. The molecule has 1 aliphatic rings. The highest BCUT2D eigenvalue weighted by Gasteiger charge is 2.22. The summed E-state index contributed by atoms with van der Waals surface area (Å²) in [6.07, 6.45) is 5.86. The molecule has 124 valence electrons. The van der Waals surface area contributed by atoms with Crippen molar-refractivity contribution in [1.29, 1.82) is 0 Å². The fourth-order valence-electron chi connectivity index (χ4n) is 2.75. The van der Waals surface area contributed by atoms with Gasteiger partial charge in [0, 0.05) is 25.6 Å². The van der Waals surface area contributed by atoms with Crippen LogP contribution in [-0.2, 0) is 11.2 Å². The van der Waals surface area contributed by atoms with E-state index in [0.717, 1.165) is 50.9 Å². The lowest BCUT2D eigenvalue weighted by Gasteiger charge is -2.15. The zero-order chi connectivity index (χ0) is 15.1. The molecule has 0 radical (unpaired) electrons. The largest absolute Gasteiger partial charge is 0.497 e. The van der Waals surface area contributed by atoms with Crippen LogP contribution in [0.4, 0.5) is 0 Å². The van der Waals surface area contributed by atoms with E-state index >= 15 is 0 Å². The molecule has 22 heavy (non-hydrogen) atoms. The molecule has 4 nitrogen and oxygen atoms in total. The number of halogens is 1. The predicted octanol–water partition coefficient (Wildman–Crippen LogP) is 2.78. The third-order valence-electron chi connectivity index (χ3n) is 4.09. The Morgan fingerprint density at radius 1 is 1.27 bits per heavy atom. The maximum atomic E-state index is 12.0. The normalized spacial score (nSPS) is 17.2. The highest BCUT2D eigenvalue weighted by molar-refractivity contribution is 5.85. The molecule has 0 aliphatic carbocycles. The molecular formula is C17H27ClN2O2. The van der Waals surface area contributed by atoms with Crippen LogP contribution in [-0.4, -0.2) is 37.0 Å². The molecule has 1 aromatic carbocycles. The van der Waals surface area contributed by atoms with E-state index in [2.05, 4.69) is 12.1 Å². The Morgan fingerprint density at radius 3 is 2.59 bits per heavy atom. The third-order valence-corrected chi connectivity index (χ3v) is 4.09. The van der Waals surface area contributed by atoms with Gasteiger partial charge in [-0.3, -0.25) is 4.79 Å². The highest BCUT2D eigenvalue weighted by Crippen LogP contribution is 2.15. The lowest BCUT2D eigenvalue weighted by Crippen LogP contribution is -2.31. The van der Waals surface area contributed by atoms with Gasteiger partial charge < -0.3 is 15.4 Å².